The lowest BCUT2D eigenvalue weighted by Gasteiger charge is -2.12. The molecule has 0 fully saturated rings. The van der Waals surface area contributed by atoms with Crippen molar-refractivity contribution in [3.05, 3.63) is 65.7 Å². The summed E-state index contributed by atoms with van der Waals surface area (Å²) in [6, 6.07) is 9.70. The highest BCUT2D eigenvalue weighted by Gasteiger charge is 2.13. The van der Waals surface area contributed by atoms with Crippen LogP contribution >= 0.6 is 0 Å². The van der Waals surface area contributed by atoms with Gasteiger partial charge in [-0.05, 0) is 24.1 Å². The van der Waals surface area contributed by atoms with Gasteiger partial charge < -0.3 is 5.11 Å². The molecule has 106 valence electrons. The smallest absolute Gasteiger partial charge is 0.0944 e. The first kappa shape index (κ1) is 13.6. The maximum Gasteiger partial charge on any atom is 0.0944 e. The molecule has 0 saturated carbocycles. The summed E-state index contributed by atoms with van der Waals surface area (Å²) in [6.07, 6.45) is 5.97. The van der Waals surface area contributed by atoms with Crippen molar-refractivity contribution in [3.63, 3.8) is 0 Å². The molecular formula is C17H17N3O. The fourth-order valence-electron chi connectivity index (χ4n) is 2.38. The van der Waals surface area contributed by atoms with Crippen LogP contribution in [-0.2, 0) is 12.8 Å². The van der Waals surface area contributed by atoms with Crippen LogP contribution in [-0.4, -0.2) is 20.1 Å². The summed E-state index contributed by atoms with van der Waals surface area (Å²) in [5.74, 6) is 0. The summed E-state index contributed by atoms with van der Waals surface area (Å²) in [7, 11) is 0. The summed E-state index contributed by atoms with van der Waals surface area (Å²) < 4.78 is 0. The third kappa shape index (κ3) is 2.90. The lowest BCUT2D eigenvalue weighted by Crippen LogP contribution is -2.05. The van der Waals surface area contributed by atoms with Crippen molar-refractivity contribution in [1.29, 1.82) is 0 Å². The molecule has 2 aromatic heterocycles. The molecule has 21 heavy (non-hydrogen) atoms. The molecule has 3 rings (SSSR count). The van der Waals surface area contributed by atoms with E-state index in [2.05, 4.69) is 27.9 Å². The van der Waals surface area contributed by atoms with Crippen molar-refractivity contribution in [2.75, 3.05) is 0 Å². The number of aliphatic hydroxyl groups excluding tert-OH is 1. The maximum absolute atomic E-state index is 10.5. The van der Waals surface area contributed by atoms with Crippen molar-refractivity contribution in [2.45, 2.75) is 25.9 Å². The SMILES string of the molecule is CCc1ccc(CC(O)c2cccc3nccnc23)nc1. The van der Waals surface area contributed by atoms with Crippen LogP contribution < -0.4 is 0 Å². The van der Waals surface area contributed by atoms with Crippen molar-refractivity contribution in [2.24, 2.45) is 0 Å². The summed E-state index contributed by atoms with van der Waals surface area (Å²) >= 11 is 0. The number of aliphatic hydroxyl groups is 1. The Balaban J connectivity index is 1.88. The van der Waals surface area contributed by atoms with Crippen molar-refractivity contribution in [3.8, 4) is 0 Å². The Morgan fingerprint density at radius 3 is 2.67 bits per heavy atom. The van der Waals surface area contributed by atoms with Gasteiger partial charge in [0.15, 0.2) is 0 Å². The molecule has 0 aliphatic carbocycles. The Morgan fingerprint density at radius 1 is 1.05 bits per heavy atom. The van der Waals surface area contributed by atoms with E-state index in [1.807, 2.05) is 30.5 Å². The molecule has 0 spiro atoms. The molecule has 4 heteroatoms. The van der Waals surface area contributed by atoms with Gasteiger partial charge in [0.05, 0.1) is 17.1 Å². The van der Waals surface area contributed by atoms with Gasteiger partial charge in [0.1, 0.15) is 0 Å². The predicted octanol–water partition coefficient (Wildman–Crippen LogP) is 2.86. The van der Waals surface area contributed by atoms with E-state index in [1.165, 1.54) is 5.56 Å². The number of aryl methyl sites for hydroxylation is 1. The standard InChI is InChI=1S/C17H17N3O/c1-2-12-6-7-13(20-11-12)10-16(21)14-4-3-5-15-17(14)19-9-8-18-15/h3-9,11,16,21H,2,10H2,1H3. The molecule has 3 aromatic rings. The maximum atomic E-state index is 10.5. The van der Waals surface area contributed by atoms with Crippen LogP contribution in [0.3, 0.4) is 0 Å². The minimum atomic E-state index is -0.634. The third-order valence-corrected chi connectivity index (χ3v) is 3.59. The second kappa shape index (κ2) is 5.97. The molecule has 0 aliphatic heterocycles. The number of rotatable bonds is 4. The van der Waals surface area contributed by atoms with Crippen LogP contribution in [0.15, 0.2) is 48.9 Å². The zero-order valence-electron chi connectivity index (χ0n) is 11.9. The van der Waals surface area contributed by atoms with Gasteiger partial charge >= 0.3 is 0 Å². The quantitative estimate of drug-likeness (QED) is 0.797. The van der Waals surface area contributed by atoms with Gasteiger partial charge in [0.2, 0.25) is 0 Å². The van der Waals surface area contributed by atoms with Gasteiger partial charge in [0.25, 0.3) is 0 Å². The van der Waals surface area contributed by atoms with E-state index in [4.69, 9.17) is 0 Å². The second-order valence-corrected chi connectivity index (χ2v) is 5.00. The summed E-state index contributed by atoms with van der Waals surface area (Å²) in [5.41, 5.74) is 4.41. The van der Waals surface area contributed by atoms with Crippen LogP contribution in [0.1, 0.15) is 29.8 Å². The minimum Gasteiger partial charge on any atom is -0.388 e. The number of hydrogen-bond donors (Lipinski definition) is 1. The molecule has 0 bridgehead atoms. The van der Waals surface area contributed by atoms with Gasteiger partial charge in [0, 0.05) is 36.3 Å². The van der Waals surface area contributed by atoms with E-state index in [-0.39, 0.29) is 0 Å². The van der Waals surface area contributed by atoms with Gasteiger partial charge in [-0.1, -0.05) is 25.1 Å². The first-order chi connectivity index (χ1) is 10.3. The monoisotopic (exact) mass is 279 g/mol. The lowest BCUT2D eigenvalue weighted by atomic mass is 10.0. The molecule has 1 N–H and O–H groups in total. The van der Waals surface area contributed by atoms with Gasteiger partial charge in [-0.3, -0.25) is 15.0 Å². The van der Waals surface area contributed by atoms with E-state index >= 15 is 0 Å². The zero-order valence-corrected chi connectivity index (χ0v) is 11.9. The van der Waals surface area contributed by atoms with Gasteiger partial charge in [-0.2, -0.15) is 0 Å². The number of benzene rings is 1. The van der Waals surface area contributed by atoms with E-state index in [1.54, 1.807) is 12.4 Å². The number of aromatic nitrogens is 3. The third-order valence-electron chi connectivity index (χ3n) is 3.59. The summed E-state index contributed by atoms with van der Waals surface area (Å²) in [4.78, 5) is 13.0. The van der Waals surface area contributed by atoms with Crippen molar-refractivity contribution in [1.82, 2.24) is 15.0 Å². The van der Waals surface area contributed by atoms with Gasteiger partial charge in [-0.15, -0.1) is 0 Å². The molecule has 0 saturated heterocycles. The van der Waals surface area contributed by atoms with Gasteiger partial charge in [-0.25, -0.2) is 0 Å². The fourth-order valence-corrected chi connectivity index (χ4v) is 2.38. The van der Waals surface area contributed by atoms with Crippen LogP contribution in [0.4, 0.5) is 0 Å². The normalized spacial score (nSPS) is 12.5. The second-order valence-electron chi connectivity index (χ2n) is 5.00. The lowest BCUT2D eigenvalue weighted by molar-refractivity contribution is 0.178. The highest BCUT2D eigenvalue weighted by atomic mass is 16.3. The van der Waals surface area contributed by atoms with Crippen LogP contribution in [0.5, 0.6) is 0 Å². The molecule has 1 unspecified atom stereocenters. The number of hydrogen-bond acceptors (Lipinski definition) is 4. The predicted molar refractivity (Wildman–Crippen MR) is 81.8 cm³/mol. The first-order valence-electron chi connectivity index (χ1n) is 7.09. The molecule has 0 aliphatic rings. The fraction of sp³-hybridized carbons (Fsp3) is 0.235. The van der Waals surface area contributed by atoms with E-state index in [0.717, 1.165) is 28.7 Å². The largest absolute Gasteiger partial charge is 0.388 e. The molecule has 1 aromatic carbocycles. The number of pyridine rings is 1. The summed E-state index contributed by atoms with van der Waals surface area (Å²) in [5, 5.41) is 10.5. The molecule has 0 radical (unpaired) electrons. The minimum absolute atomic E-state index is 0.472. The molecule has 1 atom stereocenters. The highest BCUT2D eigenvalue weighted by molar-refractivity contribution is 5.77. The van der Waals surface area contributed by atoms with Crippen LogP contribution in [0, 0.1) is 0 Å². The number of nitrogens with zero attached hydrogens (tertiary/aromatic N) is 3. The Kier molecular flexibility index (Phi) is 3.88. The van der Waals surface area contributed by atoms with Crippen molar-refractivity contribution < 1.29 is 5.11 Å². The first-order valence-corrected chi connectivity index (χ1v) is 7.09. The number of para-hydroxylation sites is 1. The van der Waals surface area contributed by atoms with Crippen molar-refractivity contribution >= 4 is 11.0 Å². The number of fused-ring (bicyclic) bond motifs is 1. The highest BCUT2D eigenvalue weighted by Crippen LogP contribution is 2.23. The van der Waals surface area contributed by atoms with E-state index in [9.17, 15) is 5.11 Å². The Labute approximate surface area is 123 Å². The van der Waals surface area contributed by atoms with E-state index < -0.39 is 6.10 Å². The Morgan fingerprint density at radius 2 is 1.90 bits per heavy atom. The topological polar surface area (TPSA) is 58.9 Å². The zero-order chi connectivity index (χ0) is 14.7. The Bertz CT molecular complexity index is 735. The van der Waals surface area contributed by atoms with E-state index in [0.29, 0.717) is 6.42 Å². The average Bonchev–Trinajstić information content (AvgIpc) is 2.55. The molecule has 4 nitrogen and oxygen atoms in total. The average molecular weight is 279 g/mol. The molecular weight excluding hydrogens is 262 g/mol. The van der Waals surface area contributed by atoms with Crippen LogP contribution in [0.25, 0.3) is 11.0 Å². The molecule has 0 amide bonds. The summed E-state index contributed by atoms with van der Waals surface area (Å²) in [6.45, 7) is 2.10. The Hall–Kier alpha value is -2.33. The van der Waals surface area contributed by atoms with Crippen LogP contribution in [0.2, 0.25) is 0 Å². The molecule has 2 heterocycles.